The van der Waals surface area contributed by atoms with Gasteiger partial charge in [0, 0.05) is 24.3 Å². The van der Waals surface area contributed by atoms with E-state index < -0.39 is 0 Å². The van der Waals surface area contributed by atoms with Gasteiger partial charge in [0.1, 0.15) is 31.1 Å². The first-order valence-electron chi connectivity index (χ1n) is 13.0. The summed E-state index contributed by atoms with van der Waals surface area (Å²) in [5, 5.41) is 0. The number of nitrogens with one attached hydrogen (secondary N) is 1. The minimum atomic E-state index is -0.107. The van der Waals surface area contributed by atoms with Crippen molar-refractivity contribution >= 4 is 0 Å². The van der Waals surface area contributed by atoms with Crippen molar-refractivity contribution < 1.29 is 18.8 Å². The number of hydrogen-bond donors (Lipinski definition) is 1. The normalized spacial score (nSPS) is 39.5. The zero-order valence-corrected chi connectivity index (χ0v) is 19.2. The number of ether oxygens (including phenoxy) is 3. The highest BCUT2D eigenvalue weighted by Crippen LogP contribution is 2.68. The van der Waals surface area contributed by atoms with Crippen LogP contribution in [0.4, 0.5) is 0 Å². The van der Waals surface area contributed by atoms with E-state index in [9.17, 15) is 0 Å². The molecule has 0 amide bonds. The van der Waals surface area contributed by atoms with Gasteiger partial charge < -0.3 is 14.2 Å². The predicted octanol–water partition coefficient (Wildman–Crippen LogP) is 4.23. The highest BCUT2D eigenvalue weighted by molar-refractivity contribution is 5.62. The molecule has 0 aromatic heterocycles. The van der Waals surface area contributed by atoms with E-state index in [0.717, 1.165) is 47.7 Å². The molecule has 5 atom stereocenters. The topological polar surface area (TPSA) is 39.7 Å². The molecule has 2 saturated heterocycles. The Labute approximate surface area is 195 Å². The van der Waals surface area contributed by atoms with Crippen LogP contribution >= 0.6 is 0 Å². The molecule has 2 aromatic carbocycles. The Kier molecular flexibility index (Phi) is 3.81. The summed E-state index contributed by atoms with van der Waals surface area (Å²) < 4.78 is 21.2. The monoisotopic (exact) mass is 445 g/mol. The average molecular weight is 446 g/mol. The summed E-state index contributed by atoms with van der Waals surface area (Å²) >= 11 is 0. The van der Waals surface area contributed by atoms with Gasteiger partial charge in [0.15, 0.2) is 11.5 Å². The van der Waals surface area contributed by atoms with Gasteiger partial charge in [0.05, 0.1) is 18.5 Å². The van der Waals surface area contributed by atoms with Gasteiger partial charge in [-0.25, -0.2) is 4.59 Å². The molecule has 2 saturated carbocycles. The highest BCUT2D eigenvalue weighted by Gasteiger charge is 2.78. The number of rotatable bonds is 5. The maximum Gasteiger partial charge on any atom is 0.165 e. The summed E-state index contributed by atoms with van der Waals surface area (Å²) in [5.74, 6) is 2.83. The van der Waals surface area contributed by atoms with Crippen molar-refractivity contribution in [3.05, 3.63) is 59.2 Å². The van der Waals surface area contributed by atoms with Gasteiger partial charge in [0.2, 0.25) is 0 Å². The van der Waals surface area contributed by atoms with Crippen LogP contribution < -0.4 is 14.9 Å². The molecule has 2 aromatic rings. The SMILES string of the molecule is c1ccc(COc2ccc3c4c2OC2CCC[C@]56OCN[N+](CC7CC7)(CCC425)C6C3)cc1. The lowest BCUT2D eigenvalue weighted by atomic mass is 9.48. The maximum absolute atomic E-state index is 6.91. The molecule has 4 bridgehead atoms. The standard InChI is InChI=1S/C28H33N2O3/c1-2-5-20(6-3-1)17-31-22-11-10-21-15-23-28-12-4-7-24-27(28,25(21)26(22)33-24)13-14-30(23,29-18-32-28)16-19-8-9-19/h1-3,5-6,10-11,19,23-24,29H,4,7-9,12-18H2/q+1/t23?,24?,27?,28-,30?/m1/s1. The first-order valence-corrected chi connectivity index (χ1v) is 13.0. The van der Waals surface area contributed by atoms with Gasteiger partial charge in [-0.2, -0.15) is 0 Å². The van der Waals surface area contributed by atoms with Gasteiger partial charge in [-0.05, 0) is 49.3 Å². The molecular formula is C28H33N2O3+. The molecule has 3 heterocycles. The van der Waals surface area contributed by atoms with E-state index in [1.54, 1.807) is 0 Å². The van der Waals surface area contributed by atoms with Crippen molar-refractivity contribution in [3.8, 4) is 11.5 Å². The fourth-order valence-electron chi connectivity index (χ4n) is 8.46. The molecule has 33 heavy (non-hydrogen) atoms. The summed E-state index contributed by atoms with van der Waals surface area (Å²) in [5.41, 5.74) is 7.87. The number of benzene rings is 2. The number of hydrogen-bond acceptors (Lipinski definition) is 4. The van der Waals surface area contributed by atoms with Crippen LogP contribution in [0.5, 0.6) is 11.5 Å². The van der Waals surface area contributed by atoms with Crippen LogP contribution in [-0.2, 0) is 23.2 Å². The number of nitrogens with zero attached hydrogens (tertiary/aromatic N) is 1. The molecule has 5 nitrogen and oxygen atoms in total. The molecule has 3 aliphatic heterocycles. The molecule has 1 N–H and O–H groups in total. The van der Waals surface area contributed by atoms with Gasteiger partial charge in [-0.1, -0.05) is 36.4 Å². The Bertz CT molecular complexity index is 1110. The lowest BCUT2D eigenvalue weighted by molar-refractivity contribution is -1.02. The van der Waals surface area contributed by atoms with Gasteiger partial charge >= 0.3 is 0 Å². The van der Waals surface area contributed by atoms with Crippen LogP contribution in [0.3, 0.4) is 0 Å². The van der Waals surface area contributed by atoms with Crippen molar-refractivity contribution in [1.29, 1.82) is 0 Å². The van der Waals surface area contributed by atoms with Crippen molar-refractivity contribution in [1.82, 2.24) is 5.43 Å². The maximum atomic E-state index is 6.91. The summed E-state index contributed by atoms with van der Waals surface area (Å²) in [6, 6.07) is 15.4. The zero-order chi connectivity index (χ0) is 21.7. The molecule has 6 aliphatic rings. The third kappa shape index (κ3) is 2.38. The van der Waals surface area contributed by atoms with Crippen molar-refractivity contribution in [2.45, 2.75) is 74.7 Å². The molecule has 4 fully saturated rings. The first-order chi connectivity index (χ1) is 16.2. The lowest BCUT2D eigenvalue weighted by Crippen LogP contribution is -2.87. The van der Waals surface area contributed by atoms with E-state index in [1.165, 1.54) is 49.0 Å². The third-order valence-corrected chi connectivity index (χ3v) is 9.91. The largest absolute Gasteiger partial charge is 0.485 e. The Balaban J connectivity index is 1.25. The van der Waals surface area contributed by atoms with Crippen LogP contribution in [0.15, 0.2) is 42.5 Å². The van der Waals surface area contributed by atoms with Gasteiger partial charge in [0.25, 0.3) is 0 Å². The molecule has 8 rings (SSSR count). The Morgan fingerprint density at radius 3 is 2.85 bits per heavy atom. The molecule has 5 heteroatoms. The molecule has 2 spiro atoms. The van der Waals surface area contributed by atoms with Crippen molar-refractivity contribution in [2.75, 3.05) is 19.8 Å². The molecule has 0 radical (unpaired) electrons. The smallest absolute Gasteiger partial charge is 0.165 e. The second-order valence-corrected chi connectivity index (χ2v) is 11.4. The average Bonchev–Trinajstić information content (AvgIpc) is 3.57. The van der Waals surface area contributed by atoms with Crippen LogP contribution in [-0.4, -0.2) is 42.2 Å². The van der Waals surface area contributed by atoms with Gasteiger partial charge in [-0.15, -0.1) is 5.43 Å². The van der Waals surface area contributed by atoms with Crippen molar-refractivity contribution in [2.24, 2.45) is 5.92 Å². The summed E-state index contributed by atoms with van der Waals surface area (Å²) in [7, 11) is 0. The molecule has 3 aliphatic carbocycles. The van der Waals surface area contributed by atoms with Gasteiger partial charge in [-0.3, -0.25) is 0 Å². The highest BCUT2D eigenvalue weighted by atomic mass is 16.5. The molecular weight excluding hydrogens is 412 g/mol. The molecule has 4 unspecified atom stereocenters. The first kappa shape index (κ1) is 19.2. The molecule has 172 valence electrons. The second kappa shape index (κ2) is 6.53. The zero-order valence-electron chi connectivity index (χ0n) is 19.2. The van der Waals surface area contributed by atoms with E-state index in [2.05, 4.69) is 47.9 Å². The third-order valence-electron chi connectivity index (χ3n) is 9.91. The predicted molar refractivity (Wildman–Crippen MR) is 124 cm³/mol. The minimum Gasteiger partial charge on any atom is -0.485 e. The Morgan fingerprint density at radius 1 is 1.06 bits per heavy atom. The van der Waals surface area contributed by atoms with Crippen LogP contribution in [0.25, 0.3) is 0 Å². The summed E-state index contributed by atoms with van der Waals surface area (Å²) in [6.07, 6.45) is 8.73. The quantitative estimate of drug-likeness (QED) is 0.699. The van der Waals surface area contributed by atoms with E-state index in [0.29, 0.717) is 19.4 Å². The van der Waals surface area contributed by atoms with E-state index >= 15 is 0 Å². The van der Waals surface area contributed by atoms with E-state index in [-0.39, 0.29) is 17.1 Å². The fraction of sp³-hybridized carbons (Fsp3) is 0.571. The second-order valence-electron chi connectivity index (χ2n) is 11.4. The van der Waals surface area contributed by atoms with E-state index in [1.807, 2.05) is 0 Å². The van der Waals surface area contributed by atoms with E-state index in [4.69, 9.17) is 14.2 Å². The Hall–Kier alpha value is -2.08. The minimum absolute atomic E-state index is 0.0155. The van der Waals surface area contributed by atoms with Crippen LogP contribution in [0, 0.1) is 5.92 Å². The summed E-state index contributed by atoms with van der Waals surface area (Å²) in [6.45, 7) is 3.72. The fourth-order valence-corrected chi connectivity index (χ4v) is 8.46. The number of piperidine rings is 1. The van der Waals surface area contributed by atoms with Crippen LogP contribution in [0.2, 0.25) is 0 Å². The number of quaternary nitrogens is 1. The summed E-state index contributed by atoms with van der Waals surface area (Å²) in [4.78, 5) is 0. The van der Waals surface area contributed by atoms with Crippen LogP contribution in [0.1, 0.15) is 55.2 Å². The lowest BCUT2D eigenvalue weighted by Gasteiger charge is -2.68. The van der Waals surface area contributed by atoms with Crippen molar-refractivity contribution in [3.63, 3.8) is 0 Å². The Morgan fingerprint density at radius 2 is 1.97 bits per heavy atom.